The van der Waals surface area contributed by atoms with Crippen LogP contribution in [0.15, 0.2) is 0 Å². The van der Waals surface area contributed by atoms with Gasteiger partial charge in [0.2, 0.25) is 0 Å². The van der Waals surface area contributed by atoms with E-state index in [0.717, 1.165) is 25.0 Å². The highest BCUT2D eigenvalue weighted by Crippen LogP contribution is 2.30. The van der Waals surface area contributed by atoms with Gasteiger partial charge >= 0.3 is 11.9 Å². The largest absolute Gasteiger partial charge is 0.459 e. The van der Waals surface area contributed by atoms with Crippen LogP contribution in [0.4, 0.5) is 5.13 Å². The van der Waals surface area contributed by atoms with Crippen LogP contribution in [0.3, 0.4) is 0 Å². The molecule has 0 saturated carbocycles. The van der Waals surface area contributed by atoms with Crippen LogP contribution in [0.25, 0.3) is 0 Å². The topological polar surface area (TPSA) is 68.3 Å². The molecule has 0 aliphatic heterocycles. The van der Waals surface area contributed by atoms with Crippen molar-refractivity contribution in [2.45, 2.75) is 26.2 Å². The van der Waals surface area contributed by atoms with E-state index in [-0.39, 0.29) is 6.61 Å². The van der Waals surface area contributed by atoms with E-state index in [4.69, 9.17) is 0 Å². The summed E-state index contributed by atoms with van der Waals surface area (Å²) in [5, 5.41) is 2.94. The first-order valence-electron chi connectivity index (χ1n) is 5.17. The number of hydrogen-bond acceptors (Lipinski definition) is 5. The van der Waals surface area contributed by atoms with Crippen molar-refractivity contribution in [2.75, 3.05) is 11.9 Å². The minimum absolute atomic E-state index is 0.195. The Balaban J connectivity index is 1.98. The third-order valence-electron chi connectivity index (χ3n) is 2.28. The lowest BCUT2D eigenvalue weighted by Gasteiger charge is -2.00. The van der Waals surface area contributed by atoms with Crippen LogP contribution in [0.1, 0.15) is 23.9 Å². The molecule has 0 bridgehead atoms. The normalized spacial score (nSPS) is 13.3. The second kappa shape index (κ2) is 4.61. The number of nitrogens with zero attached hydrogens (tertiary/aromatic N) is 1. The van der Waals surface area contributed by atoms with Crippen LogP contribution in [0.5, 0.6) is 0 Å². The molecule has 0 saturated heterocycles. The minimum Gasteiger partial charge on any atom is -0.459 e. The molecule has 2 rings (SSSR count). The molecule has 0 radical (unpaired) electrons. The van der Waals surface area contributed by atoms with Crippen LogP contribution in [0.2, 0.25) is 0 Å². The summed E-state index contributed by atoms with van der Waals surface area (Å²) >= 11 is 1.43. The summed E-state index contributed by atoms with van der Waals surface area (Å²) in [5.74, 6) is -1.62. The van der Waals surface area contributed by atoms with Crippen LogP contribution in [-0.4, -0.2) is 23.5 Å². The van der Waals surface area contributed by atoms with Crippen molar-refractivity contribution in [1.82, 2.24) is 4.98 Å². The quantitative estimate of drug-likeness (QED) is 0.621. The van der Waals surface area contributed by atoms with Gasteiger partial charge in [-0.05, 0) is 26.2 Å². The van der Waals surface area contributed by atoms with E-state index in [1.165, 1.54) is 16.2 Å². The number of ether oxygens (including phenoxy) is 1. The maximum absolute atomic E-state index is 11.3. The predicted molar refractivity (Wildman–Crippen MR) is 59.4 cm³/mol. The summed E-state index contributed by atoms with van der Waals surface area (Å²) < 4.78 is 4.58. The molecule has 1 aliphatic carbocycles. The Hall–Kier alpha value is -1.43. The second-order valence-corrected chi connectivity index (χ2v) is 4.50. The summed E-state index contributed by atoms with van der Waals surface area (Å²) in [6.45, 7) is 1.85. The molecule has 0 aromatic carbocycles. The number of amides is 1. The van der Waals surface area contributed by atoms with Crippen LogP contribution in [0, 0.1) is 0 Å². The lowest BCUT2D eigenvalue weighted by Crippen LogP contribution is -2.24. The van der Waals surface area contributed by atoms with Gasteiger partial charge in [0.1, 0.15) is 0 Å². The molecule has 1 N–H and O–H groups in total. The highest BCUT2D eigenvalue weighted by atomic mass is 32.1. The van der Waals surface area contributed by atoms with Gasteiger partial charge in [-0.1, -0.05) is 0 Å². The van der Waals surface area contributed by atoms with Crippen molar-refractivity contribution in [3.63, 3.8) is 0 Å². The van der Waals surface area contributed by atoms with Gasteiger partial charge in [-0.3, -0.25) is 10.1 Å². The molecule has 86 valence electrons. The van der Waals surface area contributed by atoms with Gasteiger partial charge in [0.25, 0.3) is 0 Å². The number of nitrogens with one attached hydrogen (secondary N) is 1. The fraction of sp³-hybridized carbons (Fsp3) is 0.500. The Kier molecular flexibility index (Phi) is 3.19. The fourth-order valence-electron chi connectivity index (χ4n) is 1.59. The molecule has 0 unspecified atom stereocenters. The maximum Gasteiger partial charge on any atom is 0.397 e. The summed E-state index contributed by atoms with van der Waals surface area (Å²) in [7, 11) is 0. The number of aryl methyl sites for hydroxylation is 2. The highest BCUT2D eigenvalue weighted by Gasteiger charge is 2.20. The van der Waals surface area contributed by atoms with Crippen molar-refractivity contribution in [3.05, 3.63) is 10.6 Å². The third kappa shape index (κ3) is 2.21. The van der Waals surface area contributed by atoms with E-state index in [1.807, 2.05) is 0 Å². The van der Waals surface area contributed by atoms with Crippen molar-refractivity contribution < 1.29 is 14.3 Å². The molecule has 1 aliphatic rings. The number of fused-ring (bicyclic) bond motifs is 1. The van der Waals surface area contributed by atoms with Gasteiger partial charge in [0, 0.05) is 4.88 Å². The Labute approximate surface area is 96.8 Å². The Bertz CT molecular complexity index is 406. The zero-order valence-electron chi connectivity index (χ0n) is 8.91. The van der Waals surface area contributed by atoms with Crippen LogP contribution >= 0.6 is 11.3 Å². The molecule has 1 amide bonds. The number of carbonyl (C=O) groups is 2. The number of thiazole rings is 1. The second-order valence-electron chi connectivity index (χ2n) is 3.42. The van der Waals surface area contributed by atoms with Gasteiger partial charge in [-0.2, -0.15) is 0 Å². The molecule has 1 heterocycles. The zero-order valence-corrected chi connectivity index (χ0v) is 9.73. The zero-order chi connectivity index (χ0) is 11.5. The summed E-state index contributed by atoms with van der Waals surface area (Å²) in [6.07, 6.45) is 3.10. The Morgan fingerprint density at radius 1 is 1.50 bits per heavy atom. The number of esters is 1. The molecular formula is C10H12N2O3S. The summed E-state index contributed by atoms with van der Waals surface area (Å²) in [5.41, 5.74) is 1.05. The summed E-state index contributed by atoms with van der Waals surface area (Å²) in [4.78, 5) is 27.8. The van der Waals surface area contributed by atoms with E-state index in [9.17, 15) is 9.59 Å². The highest BCUT2D eigenvalue weighted by molar-refractivity contribution is 7.16. The molecule has 6 heteroatoms. The monoisotopic (exact) mass is 240 g/mol. The molecule has 1 aromatic rings. The number of hydrogen-bond donors (Lipinski definition) is 1. The first-order chi connectivity index (χ1) is 7.70. The minimum atomic E-state index is -0.863. The van der Waals surface area contributed by atoms with Crippen LogP contribution in [-0.2, 0) is 27.2 Å². The number of anilines is 1. The SMILES string of the molecule is CCOC(=O)C(=O)Nc1nc2c(s1)CCC2. The average molecular weight is 240 g/mol. The van der Waals surface area contributed by atoms with E-state index in [1.54, 1.807) is 6.92 Å². The molecular weight excluding hydrogens is 228 g/mol. The molecule has 0 spiro atoms. The molecule has 16 heavy (non-hydrogen) atoms. The standard InChI is InChI=1S/C10H12N2O3S/c1-2-15-9(14)8(13)12-10-11-6-4-3-5-7(6)16-10/h2-5H2,1H3,(H,11,12,13). The van der Waals surface area contributed by atoms with Gasteiger partial charge in [0.05, 0.1) is 12.3 Å². The molecule has 1 aromatic heterocycles. The number of aromatic nitrogens is 1. The van der Waals surface area contributed by atoms with Crippen molar-refractivity contribution in [2.24, 2.45) is 0 Å². The Morgan fingerprint density at radius 2 is 2.31 bits per heavy atom. The van der Waals surface area contributed by atoms with Crippen molar-refractivity contribution in [1.29, 1.82) is 0 Å². The summed E-state index contributed by atoms with van der Waals surface area (Å²) in [6, 6.07) is 0. The first-order valence-corrected chi connectivity index (χ1v) is 5.99. The van der Waals surface area contributed by atoms with E-state index in [2.05, 4.69) is 15.0 Å². The van der Waals surface area contributed by atoms with Gasteiger partial charge < -0.3 is 4.74 Å². The van der Waals surface area contributed by atoms with Gasteiger partial charge in [0.15, 0.2) is 5.13 Å². The van der Waals surface area contributed by atoms with Crippen LogP contribution < -0.4 is 5.32 Å². The molecule has 0 fully saturated rings. The lowest BCUT2D eigenvalue weighted by molar-refractivity contribution is -0.152. The van der Waals surface area contributed by atoms with E-state index >= 15 is 0 Å². The lowest BCUT2D eigenvalue weighted by atomic mass is 10.4. The Morgan fingerprint density at radius 3 is 3.00 bits per heavy atom. The van der Waals surface area contributed by atoms with Crippen molar-refractivity contribution >= 4 is 28.3 Å². The third-order valence-corrected chi connectivity index (χ3v) is 3.35. The van der Waals surface area contributed by atoms with E-state index in [0.29, 0.717) is 5.13 Å². The predicted octanol–water partition coefficient (Wildman–Crippen LogP) is 1.13. The van der Waals surface area contributed by atoms with Gasteiger partial charge in [-0.15, -0.1) is 11.3 Å². The van der Waals surface area contributed by atoms with Gasteiger partial charge in [-0.25, -0.2) is 9.78 Å². The van der Waals surface area contributed by atoms with E-state index < -0.39 is 11.9 Å². The number of rotatable bonds is 2. The fourth-order valence-corrected chi connectivity index (χ4v) is 2.63. The molecule has 5 nitrogen and oxygen atoms in total. The molecule has 0 atom stereocenters. The maximum atomic E-state index is 11.3. The average Bonchev–Trinajstić information content (AvgIpc) is 2.78. The first kappa shape index (κ1) is 11.1. The smallest absolute Gasteiger partial charge is 0.397 e. The van der Waals surface area contributed by atoms with Crippen molar-refractivity contribution in [3.8, 4) is 0 Å². The number of carbonyl (C=O) groups excluding carboxylic acids is 2.